The number of likely N-dealkylation sites (tertiary alicyclic amines) is 1. The average molecular weight is 415 g/mol. The first-order valence-corrected chi connectivity index (χ1v) is 11.2. The van der Waals surface area contributed by atoms with Gasteiger partial charge in [0, 0.05) is 23.5 Å². The molecule has 3 aromatic rings. The maximum absolute atomic E-state index is 12.9. The molecule has 0 aliphatic carbocycles. The maximum atomic E-state index is 12.9. The molecule has 1 aliphatic rings. The monoisotopic (exact) mass is 414 g/mol. The Morgan fingerprint density at radius 3 is 2.86 bits per heavy atom. The SMILES string of the molecule is C[C@@H]1CCCCN1C(=O)CSc1nc2scc(-c3ccccc3)c2c(=O)n1N. The molecule has 4 rings (SSSR count). The van der Waals surface area contributed by atoms with E-state index in [2.05, 4.69) is 11.9 Å². The van der Waals surface area contributed by atoms with Gasteiger partial charge in [0.15, 0.2) is 5.16 Å². The van der Waals surface area contributed by atoms with Gasteiger partial charge in [-0.3, -0.25) is 9.59 Å². The second kappa shape index (κ2) is 7.97. The molecule has 1 aliphatic heterocycles. The predicted molar refractivity (Wildman–Crippen MR) is 115 cm³/mol. The Morgan fingerprint density at radius 1 is 1.32 bits per heavy atom. The second-order valence-corrected chi connectivity index (χ2v) is 8.79. The van der Waals surface area contributed by atoms with Gasteiger partial charge in [0.2, 0.25) is 5.91 Å². The van der Waals surface area contributed by atoms with Gasteiger partial charge in [0.1, 0.15) is 4.83 Å². The van der Waals surface area contributed by atoms with Crippen molar-refractivity contribution >= 4 is 39.2 Å². The van der Waals surface area contributed by atoms with Crippen molar-refractivity contribution in [2.24, 2.45) is 0 Å². The fraction of sp³-hybridized carbons (Fsp3) is 0.350. The zero-order chi connectivity index (χ0) is 19.7. The summed E-state index contributed by atoms with van der Waals surface area (Å²) in [5, 5.41) is 2.83. The van der Waals surface area contributed by atoms with Crippen molar-refractivity contribution in [1.82, 2.24) is 14.6 Å². The highest BCUT2D eigenvalue weighted by Crippen LogP contribution is 2.31. The molecule has 146 valence electrons. The summed E-state index contributed by atoms with van der Waals surface area (Å²) in [6.07, 6.45) is 3.25. The summed E-state index contributed by atoms with van der Waals surface area (Å²) >= 11 is 2.65. The molecule has 0 saturated carbocycles. The van der Waals surface area contributed by atoms with Crippen LogP contribution in [0.4, 0.5) is 0 Å². The average Bonchev–Trinajstić information content (AvgIpc) is 3.14. The zero-order valence-electron chi connectivity index (χ0n) is 15.6. The number of nitrogens with zero attached hydrogens (tertiary/aromatic N) is 3. The molecule has 0 unspecified atom stereocenters. The van der Waals surface area contributed by atoms with Gasteiger partial charge in [0.25, 0.3) is 5.56 Å². The number of rotatable bonds is 4. The van der Waals surface area contributed by atoms with Crippen molar-refractivity contribution < 1.29 is 4.79 Å². The van der Waals surface area contributed by atoms with Crippen LogP contribution in [0.2, 0.25) is 0 Å². The van der Waals surface area contributed by atoms with Crippen LogP contribution in [0.3, 0.4) is 0 Å². The molecule has 1 saturated heterocycles. The summed E-state index contributed by atoms with van der Waals surface area (Å²) in [4.78, 5) is 32.6. The van der Waals surface area contributed by atoms with Crippen LogP contribution < -0.4 is 11.4 Å². The van der Waals surface area contributed by atoms with Gasteiger partial charge in [-0.1, -0.05) is 42.1 Å². The van der Waals surface area contributed by atoms with E-state index in [4.69, 9.17) is 5.84 Å². The van der Waals surface area contributed by atoms with E-state index < -0.39 is 0 Å². The first-order chi connectivity index (χ1) is 13.6. The van der Waals surface area contributed by atoms with E-state index in [9.17, 15) is 9.59 Å². The molecule has 2 aromatic heterocycles. The Kier molecular flexibility index (Phi) is 5.41. The van der Waals surface area contributed by atoms with Crippen LogP contribution in [0.1, 0.15) is 26.2 Å². The lowest BCUT2D eigenvalue weighted by atomic mass is 10.0. The molecular weight excluding hydrogens is 392 g/mol. The number of carbonyl (C=O) groups excluding carboxylic acids is 1. The summed E-state index contributed by atoms with van der Waals surface area (Å²) in [6.45, 7) is 2.88. The number of hydrogen-bond donors (Lipinski definition) is 1. The first-order valence-electron chi connectivity index (χ1n) is 9.33. The number of aromatic nitrogens is 2. The molecule has 0 radical (unpaired) electrons. The normalized spacial score (nSPS) is 17.2. The number of benzene rings is 1. The van der Waals surface area contributed by atoms with E-state index in [1.165, 1.54) is 29.5 Å². The number of nitrogens with two attached hydrogens (primary N) is 1. The molecule has 1 atom stereocenters. The molecule has 0 bridgehead atoms. The third kappa shape index (κ3) is 3.54. The lowest BCUT2D eigenvalue weighted by Crippen LogP contribution is -2.43. The van der Waals surface area contributed by atoms with Gasteiger partial charge < -0.3 is 10.7 Å². The third-order valence-corrected chi connectivity index (χ3v) is 6.95. The van der Waals surface area contributed by atoms with E-state index in [0.29, 0.717) is 15.4 Å². The van der Waals surface area contributed by atoms with Crippen LogP contribution in [0.25, 0.3) is 21.3 Å². The maximum Gasteiger partial charge on any atom is 0.282 e. The minimum Gasteiger partial charge on any atom is -0.339 e. The molecule has 3 heterocycles. The van der Waals surface area contributed by atoms with Crippen molar-refractivity contribution in [3.63, 3.8) is 0 Å². The molecule has 2 N–H and O–H groups in total. The van der Waals surface area contributed by atoms with E-state index in [0.717, 1.165) is 35.2 Å². The molecule has 1 fully saturated rings. The Balaban J connectivity index is 1.60. The second-order valence-electron chi connectivity index (χ2n) is 6.99. The highest BCUT2D eigenvalue weighted by molar-refractivity contribution is 7.99. The molecule has 1 aromatic carbocycles. The van der Waals surface area contributed by atoms with Crippen molar-refractivity contribution in [2.45, 2.75) is 37.4 Å². The van der Waals surface area contributed by atoms with Gasteiger partial charge in [-0.05, 0) is 31.7 Å². The highest BCUT2D eigenvalue weighted by Gasteiger charge is 2.24. The van der Waals surface area contributed by atoms with Gasteiger partial charge in [-0.25, -0.2) is 9.66 Å². The third-order valence-electron chi connectivity index (χ3n) is 5.14. The summed E-state index contributed by atoms with van der Waals surface area (Å²) in [5.74, 6) is 6.35. The number of nitrogen functional groups attached to an aromatic ring is 1. The molecule has 1 amide bonds. The summed E-state index contributed by atoms with van der Waals surface area (Å²) < 4.78 is 1.07. The molecule has 0 spiro atoms. The number of amides is 1. The topological polar surface area (TPSA) is 81.2 Å². The summed E-state index contributed by atoms with van der Waals surface area (Å²) in [6, 6.07) is 10.00. The Bertz CT molecular complexity index is 1060. The van der Waals surface area contributed by atoms with Gasteiger partial charge in [-0.2, -0.15) is 0 Å². The van der Waals surface area contributed by atoms with Crippen LogP contribution in [0, 0.1) is 0 Å². The Morgan fingerprint density at radius 2 is 2.11 bits per heavy atom. The zero-order valence-corrected chi connectivity index (χ0v) is 17.3. The van der Waals surface area contributed by atoms with Crippen LogP contribution in [-0.2, 0) is 4.79 Å². The molecule has 28 heavy (non-hydrogen) atoms. The first kappa shape index (κ1) is 19.0. The van der Waals surface area contributed by atoms with Gasteiger partial charge in [0.05, 0.1) is 11.1 Å². The summed E-state index contributed by atoms with van der Waals surface area (Å²) in [7, 11) is 0. The van der Waals surface area contributed by atoms with E-state index >= 15 is 0 Å². The molecule has 8 heteroatoms. The number of thiophene rings is 1. The number of carbonyl (C=O) groups is 1. The largest absolute Gasteiger partial charge is 0.339 e. The minimum absolute atomic E-state index is 0.0719. The standard InChI is InChI=1S/C20H22N4O2S2/c1-13-7-5-6-10-23(13)16(25)12-28-20-22-18-17(19(26)24(20)21)15(11-27-18)14-8-3-2-4-9-14/h2-4,8-9,11,13H,5-7,10,12,21H2,1H3/t13-/m1/s1. The van der Waals surface area contributed by atoms with E-state index in [-0.39, 0.29) is 23.3 Å². The van der Waals surface area contributed by atoms with Crippen molar-refractivity contribution in [2.75, 3.05) is 18.1 Å². The van der Waals surface area contributed by atoms with Crippen molar-refractivity contribution in [3.8, 4) is 11.1 Å². The Hall–Kier alpha value is -2.32. The quantitative estimate of drug-likeness (QED) is 0.402. The predicted octanol–water partition coefficient (Wildman–Crippen LogP) is 3.33. The van der Waals surface area contributed by atoms with Gasteiger partial charge in [-0.15, -0.1) is 11.3 Å². The van der Waals surface area contributed by atoms with Gasteiger partial charge >= 0.3 is 0 Å². The van der Waals surface area contributed by atoms with E-state index in [1.807, 2.05) is 40.6 Å². The number of hydrogen-bond acceptors (Lipinski definition) is 6. The highest BCUT2D eigenvalue weighted by atomic mass is 32.2. The van der Waals surface area contributed by atoms with Crippen molar-refractivity contribution in [1.29, 1.82) is 0 Å². The lowest BCUT2D eigenvalue weighted by molar-refractivity contribution is -0.131. The minimum atomic E-state index is -0.286. The van der Waals surface area contributed by atoms with Crippen LogP contribution in [-0.4, -0.2) is 38.8 Å². The number of piperidine rings is 1. The fourth-order valence-corrected chi connectivity index (χ4v) is 5.39. The van der Waals surface area contributed by atoms with Crippen LogP contribution >= 0.6 is 23.1 Å². The Labute approximate surface area is 171 Å². The molecule has 6 nitrogen and oxygen atoms in total. The smallest absolute Gasteiger partial charge is 0.282 e. The number of fused-ring (bicyclic) bond motifs is 1. The molecular formula is C20H22N4O2S2. The van der Waals surface area contributed by atoms with E-state index in [1.54, 1.807) is 0 Å². The van der Waals surface area contributed by atoms with Crippen molar-refractivity contribution in [3.05, 3.63) is 46.1 Å². The van der Waals surface area contributed by atoms with Crippen LogP contribution in [0.15, 0.2) is 45.7 Å². The fourth-order valence-electron chi connectivity index (χ4n) is 3.59. The lowest BCUT2D eigenvalue weighted by Gasteiger charge is -2.33. The van der Waals surface area contributed by atoms with Crippen LogP contribution in [0.5, 0.6) is 0 Å². The number of thioether (sulfide) groups is 1. The summed E-state index contributed by atoms with van der Waals surface area (Å²) in [5.41, 5.74) is 1.51.